The number of para-hydroxylation sites is 1. The molecule has 1 aliphatic rings. The van der Waals surface area contributed by atoms with Crippen LogP contribution in [0.5, 0.6) is 5.75 Å². The predicted octanol–water partition coefficient (Wildman–Crippen LogP) is 3.79. The average molecular weight is 338 g/mol. The van der Waals surface area contributed by atoms with Gasteiger partial charge < -0.3 is 15.4 Å². The van der Waals surface area contributed by atoms with Crippen molar-refractivity contribution in [3.63, 3.8) is 0 Å². The maximum atomic E-state index is 12.1. The Morgan fingerprint density at radius 1 is 1.20 bits per heavy atom. The zero-order valence-electron chi connectivity index (χ0n) is 14.4. The number of hydrogen-bond acceptors (Lipinski definition) is 3. The fourth-order valence-corrected chi connectivity index (χ4v) is 3.03. The minimum absolute atomic E-state index is 0.0183. The molecule has 25 heavy (non-hydrogen) atoms. The van der Waals surface area contributed by atoms with Gasteiger partial charge in [0.15, 0.2) is 0 Å². The second-order valence-corrected chi connectivity index (χ2v) is 6.47. The summed E-state index contributed by atoms with van der Waals surface area (Å²) in [4.78, 5) is 24.2. The summed E-state index contributed by atoms with van der Waals surface area (Å²) in [5, 5.41) is 5.76. The second-order valence-electron chi connectivity index (χ2n) is 6.47. The van der Waals surface area contributed by atoms with Crippen LogP contribution in [0.3, 0.4) is 0 Å². The van der Waals surface area contributed by atoms with Crippen LogP contribution < -0.4 is 15.4 Å². The van der Waals surface area contributed by atoms with Crippen LogP contribution in [0.4, 0.5) is 11.4 Å². The first-order valence-corrected chi connectivity index (χ1v) is 8.47. The Morgan fingerprint density at radius 3 is 2.68 bits per heavy atom. The highest BCUT2D eigenvalue weighted by atomic mass is 16.5. The number of carbonyl (C=O) groups is 2. The van der Waals surface area contributed by atoms with E-state index in [0.717, 1.165) is 17.0 Å². The molecule has 0 aromatic heterocycles. The first-order valence-electron chi connectivity index (χ1n) is 8.47. The molecule has 0 saturated heterocycles. The molecular weight excluding hydrogens is 316 g/mol. The first kappa shape index (κ1) is 17.0. The molecule has 0 saturated carbocycles. The molecule has 3 rings (SSSR count). The number of fused-ring (bicyclic) bond motifs is 1. The monoisotopic (exact) mass is 338 g/mol. The van der Waals surface area contributed by atoms with Crippen molar-refractivity contribution >= 4 is 23.2 Å². The Hall–Kier alpha value is -2.82. The molecule has 0 fully saturated rings. The van der Waals surface area contributed by atoms with Gasteiger partial charge in [-0.1, -0.05) is 32.0 Å². The lowest BCUT2D eigenvalue weighted by atomic mass is 9.89. The number of nitrogens with one attached hydrogen (secondary N) is 2. The Labute approximate surface area is 147 Å². The predicted molar refractivity (Wildman–Crippen MR) is 97.8 cm³/mol. The number of ether oxygens (including phenoxy) is 1. The lowest BCUT2D eigenvalue weighted by Crippen LogP contribution is -2.17. The minimum Gasteiger partial charge on any atom is -0.493 e. The molecular formula is C20H22N2O3. The van der Waals surface area contributed by atoms with Crippen LogP contribution in [0.1, 0.15) is 31.7 Å². The Kier molecular flexibility index (Phi) is 5.03. The summed E-state index contributed by atoms with van der Waals surface area (Å²) < 4.78 is 5.54. The van der Waals surface area contributed by atoms with Crippen LogP contribution in [0, 0.1) is 5.92 Å². The van der Waals surface area contributed by atoms with Crippen LogP contribution in [0.15, 0.2) is 48.5 Å². The molecule has 0 radical (unpaired) electrons. The van der Waals surface area contributed by atoms with Gasteiger partial charge in [-0.15, -0.1) is 0 Å². The van der Waals surface area contributed by atoms with Crippen molar-refractivity contribution in [1.82, 2.24) is 0 Å². The van der Waals surface area contributed by atoms with E-state index in [1.807, 2.05) is 56.3 Å². The van der Waals surface area contributed by atoms with Gasteiger partial charge in [0.2, 0.25) is 11.8 Å². The highest BCUT2D eigenvalue weighted by Gasteiger charge is 2.32. The van der Waals surface area contributed by atoms with Crippen LogP contribution in [-0.2, 0) is 9.59 Å². The number of rotatable bonds is 6. The van der Waals surface area contributed by atoms with Gasteiger partial charge in [-0.05, 0) is 41.8 Å². The van der Waals surface area contributed by atoms with Crippen LogP contribution in [0.2, 0.25) is 0 Å². The molecule has 2 N–H and O–H groups in total. The van der Waals surface area contributed by atoms with E-state index in [9.17, 15) is 9.59 Å². The third-order valence-electron chi connectivity index (χ3n) is 4.22. The zero-order valence-corrected chi connectivity index (χ0v) is 14.4. The van der Waals surface area contributed by atoms with Gasteiger partial charge in [-0.2, -0.15) is 0 Å². The topological polar surface area (TPSA) is 67.4 Å². The van der Waals surface area contributed by atoms with Gasteiger partial charge in [0, 0.05) is 11.4 Å². The summed E-state index contributed by atoms with van der Waals surface area (Å²) in [5.41, 5.74) is 2.47. The van der Waals surface area contributed by atoms with Gasteiger partial charge >= 0.3 is 0 Å². The Bertz CT molecular complexity index is 772. The molecule has 2 amide bonds. The molecule has 0 spiro atoms. The fraction of sp³-hybridized carbons (Fsp3) is 0.300. The van der Waals surface area contributed by atoms with Crippen molar-refractivity contribution in [2.45, 2.75) is 26.2 Å². The fourth-order valence-electron chi connectivity index (χ4n) is 3.03. The largest absolute Gasteiger partial charge is 0.493 e. The van der Waals surface area contributed by atoms with Gasteiger partial charge in [-0.3, -0.25) is 9.59 Å². The first-order chi connectivity index (χ1) is 12.0. The van der Waals surface area contributed by atoms with Crippen molar-refractivity contribution in [3.05, 3.63) is 54.1 Å². The van der Waals surface area contributed by atoms with Crippen molar-refractivity contribution in [2.75, 3.05) is 17.2 Å². The summed E-state index contributed by atoms with van der Waals surface area (Å²) in [6.45, 7) is 4.35. The van der Waals surface area contributed by atoms with Gasteiger partial charge in [0.25, 0.3) is 0 Å². The summed E-state index contributed by atoms with van der Waals surface area (Å²) in [6.07, 6.45) is 0.261. The molecule has 130 valence electrons. The second kappa shape index (κ2) is 7.38. The third kappa shape index (κ3) is 3.99. The van der Waals surface area contributed by atoms with Crippen LogP contribution >= 0.6 is 0 Å². The van der Waals surface area contributed by atoms with E-state index < -0.39 is 0 Å². The molecule has 1 unspecified atom stereocenters. The number of anilines is 2. The van der Waals surface area contributed by atoms with Gasteiger partial charge in [0.1, 0.15) is 5.75 Å². The molecule has 0 aliphatic carbocycles. The summed E-state index contributed by atoms with van der Waals surface area (Å²) in [6, 6.07) is 14.9. The molecule has 1 atom stereocenters. The Morgan fingerprint density at radius 2 is 1.96 bits per heavy atom. The minimum atomic E-state index is -0.173. The number of benzene rings is 2. The van der Waals surface area contributed by atoms with E-state index >= 15 is 0 Å². The molecule has 1 aliphatic heterocycles. The SMILES string of the molecule is CC(C)C1C(=O)Nc2ccc(NC(=O)CCOc3ccccc3)cc21. The normalized spacial score (nSPS) is 15.6. The third-order valence-corrected chi connectivity index (χ3v) is 4.22. The molecule has 5 heteroatoms. The number of amides is 2. The lowest BCUT2D eigenvalue weighted by molar-refractivity contribution is -0.118. The summed E-state index contributed by atoms with van der Waals surface area (Å²) in [7, 11) is 0. The number of carbonyl (C=O) groups excluding carboxylic acids is 2. The molecule has 1 heterocycles. The van der Waals surface area contributed by atoms with Crippen molar-refractivity contribution in [2.24, 2.45) is 5.92 Å². The smallest absolute Gasteiger partial charge is 0.232 e. The van der Waals surface area contributed by atoms with Gasteiger partial charge in [-0.25, -0.2) is 0 Å². The molecule has 0 bridgehead atoms. The molecule has 2 aromatic carbocycles. The van der Waals surface area contributed by atoms with E-state index in [1.165, 1.54) is 0 Å². The lowest BCUT2D eigenvalue weighted by Gasteiger charge is -2.14. The van der Waals surface area contributed by atoms with Crippen LogP contribution in [0.25, 0.3) is 0 Å². The molecule has 5 nitrogen and oxygen atoms in total. The average Bonchev–Trinajstić information content (AvgIpc) is 2.91. The van der Waals surface area contributed by atoms with Crippen LogP contribution in [-0.4, -0.2) is 18.4 Å². The quantitative estimate of drug-likeness (QED) is 0.842. The van der Waals surface area contributed by atoms with Crippen molar-refractivity contribution in [1.29, 1.82) is 0 Å². The Balaban J connectivity index is 1.58. The van der Waals surface area contributed by atoms with Crippen molar-refractivity contribution < 1.29 is 14.3 Å². The van der Waals surface area contributed by atoms with E-state index in [-0.39, 0.29) is 30.1 Å². The maximum absolute atomic E-state index is 12.1. The van der Waals surface area contributed by atoms with E-state index in [4.69, 9.17) is 4.74 Å². The van der Waals surface area contributed by atoms with E-state index in [1.54, 1.807) is 6.07 Å². The van der Waals surface area contributed by atoms with Gasteiger partial charge in [0.05, 0.1) is 18.9 Å². The summed E-state index contributed by atoms with van der Waals surface area (Å²) >= 11 is 0. The highest BCUT2D eigenvalue weighted by molar-refractivity contribution is 6.04. The highest BCUT2D eigenvalue weighted by Crippen LogP contribution is 2.38. The number of hydrogen-bond donors (Lipinski definition) is 2. The summed E-state index contributed by atoms with van der Waals surface area (Å²) in [5.74, 6) is 0.677. The maximum Gasteiger partial charge on any atom is 0.232 e. The standard InChI is InChI=1S/C20H22N2O3/c1-13(2)19-16-12-14(8-9-17(16)22-20(19)24)21-18(23)10-11-25-15-6-4-3-5-7-15/h3-9,12-13,19H,10-11H2,1-2H3,(H,21,23)(H,22,24). The zero-order chi connectivity index (χ0) is 17.8. The molecule has 2 aromatic rings. The van der Waals surface area contributed by atoms with E-state index in [0.29, 0.717) is 12.3 Å². The van der Waals surface area contributed by atoms with Crippen molar-refractivity contribution in [3.8, 4) is 5.75 Å². The van der Waals surface area contributed by atoms with E-state index in [2.05, 4.69) is 10.6 Å².